The fraction of sp³-hybridized carbons (Fsp3) is 0.500. The van der Waals surface area contributed by atoms with Gasteiger partial charge in [-0.25, -0.2) is 0 Å². The zero-order valence-corrected chi connectivity index (χ0v) is 7.19. The van der Waals surface area contributed by atoms with Gasteiger partial charge in [0.15, 0.2) is 11.5 Å². The Hall–Kier alpha value is -0.700. The summed E-state index contributed by atoms with van der Waals surface area (Å²) in [5.74, 6) is 1.82. The molecule has 1 aliphatic heterocycles. The normalized spacial score (nSPS) is 15.7. The lowest BCUT2D eigenvalue weighted by Crippen LogP contribution is -2.16. The number of hydrogen-bond donors (Lipinski definition) is 0. The lowest BCUT2D eigenvalue weighted by atomic mass is 10.3. The van der Waals surface area contributed by atoms with Crippen LogP contribution in [0.25, 0.3) is 0 Å². The summed E-state index contributed by atoms with van der Waals surface area (Å²) in [7, 11) is 0. The van der Waals surface area contributed by atoms with Crippen LogP contribution in [0.3, 0.4) is 0 Å². The third kappa shape index (κ3) is 1.20. The first-order chi connectivity index (χ1) is 5.40. The highest BCUT2D eigenvalue weighted by Gasteiger charge is 2.23. The van der Waals surface area contributed by atoms with E-state index in [1.165, 1.54) is 0 Å². The van der Waals surface area contributed by atoms with E-state index < -0.39 is 0 Å². The van der Waals surface area contributed by atoms with Gasteiger partial charge in [-0.1, -0.05) is 6.92 Å². The van der Waals surface area contributed by atoms with Gasteiger partial charge in [-0.15, -0.1) is 11.3 Å². The molecule has 2 rings (SSSR count). The molecule has 60 valence electrons. The van der Waals surface area contributed by atoms with Crippen molar-refractivity contribution in [3.63, 3.8) is 0 Å². The van der Waals surface area contributed by atoms with Crippen molar-refractivity contribution in [1.29, 1.82) is 0 Å². The van der Waals surface area contributed by atoms with Crippen molar-refractivity contribution in [2.45, 2.75) is 26.1 Å². The smallest absolute Gasteiger partial charge is 0.241 e. The molecule has 0 spiro atoms. The topological polar surface area (TPSA) is 18.5 Å². The Balaban J connectivity index is 2.04. The van der Waals surface area contributed by atoms with Crippen LogP contribution in [-0.2, 0) is 0 Å². The number of fused-ring (bicyclic) bond motifs is 1. The first-order valence-corrected chi connectivity index (χ1v) is 4.74. The van der Waals surface area contributed by atoms with Gasteiger partial charge in [-0.3, -0.25) is 0 Å². The maximum Gasteiger partial charge on any atom is 0.241 e. The summed E-state index contributed by atoms with van der Waals surface area (Å²) in [5, 5.41) is 3.95. The second kappa shape index (κ2) is 2.74. The number of ether oxygens (including phenoxy) is 2. The van der Waals surface area contributed by atoms with Crippen molar-refractivity contribution in [2.24, 2.45) is 0 Å². The van der Waals surface area contributed by atoms with Gasteiger partial charge in [0.1, 0.15) is 0 Å². The summed E-state index contributed by atoms with van der Waals surface area (Å²) >= 11 is 1.61. The van der Waals surface area contributed by atoms with Gasteiger partial charge in [0.25, 0.3) is 0 Å². The Morgan fingerprint density at radius 2 is 2.00 bits per heavy atom. The lowest BCUT2D eigenvalue weighted by Gasteiger charge is -2.07. The molecule has 0 bridgehead atoms. The van der Waals surface area contributed by atoms with Gasteiger partial charge in [0.05, 0.1) is 0 Å². The van der Waals surface area contributed by atoms with Crippen LogP contribution < -0.4 is 9.47 Å². The van der Waals surface area contributed by atoms with Crippen molar-refractivity contribution in [2.75, 3.05) is 0 Å². The van der Waals surface area contributed by atoms with E-state index >= 15 is 0 Å². The molecule has 3 heteroatoms. The highest BCUT2D eigenvalue weighted by atomic mass is 32.1. The molecule has 11 heavy (non-hydrogen) atoms. The average molecular weight is 170 g/mol. The molecule has 0 unspecified atom stereocenters. The monoisotopic (exact) mass is 170 g/mol. The summed E-state index contributed by atoms with van der Waals surface area (Å²) in [4.78, 5) is 0. The molecule has 0 fully saturated rings. The van der Waals surface area contributed by atoms with Gasteiger partial charge in [0, 0.05) is 17.2 Å². The molecule has 0 radical (unpaired) electrons. The molecular weight excluding hydrogens is 160 g/mol. The summed E-state index contributed by atoms with van der Waals surface area (Å²) in [6.07, 6.45) is 2.04. The molecule has 0 aromatic carbocycles. The van der Waals surface area contributed by atoms with Crippen LogP contribution in [0.2, 0.25) is 0 Å². The minimum absolute atomic E-state index is 0.0293. The molecule has 0 saturated heterocycles. The Kier molecular flexibility index (Phi) is 1.74. The predicted octanol–water partition coefficient (Wildman–Crippen LogP) is 2.65. The second-order valence-corrected chi connectivity index (χ2v) is 3.30. The standard InChI is InChI=1S/C8H10O2S/c1-2-3-8-9-6-4-11-5-7(6)10-8/h4-5,8H,2-3H2,1H3. The van der Waals surface area contributed by atoms with Gasteiger partial charge in [0.2, 0.25) is 6.29 Å². The molecule has 0 aliphatic carbocycles. The third-order valence-electron chi connectivity index (χ3n) is 1.63. The predicted molar refractivity (Wildman–Crippen MR) is 44.3 cm³/mol. The Morgan fingerprint density at radius 3 is 2.55 bits per heavy atom. The van der Waals surface area contributed by atoms with Gasteiger partial charge in [-0.2, -0.15) is 0 Å². The maximum atomic E-state index is 5.48. The van der Waals surface area contributed by atoms with Crippen molar-refractivity contribution < 1.29 is 9.47 Å². The zero-order valence-electron chi connectivity index (χ0n) is 6.37. The number of thiophene rings is 1. The van der Waals surface area contributed by atoms with Crippen LogP contribution in [0.5, 0.6) is 11.5 Å². The number of hydrogen-bond acceptors (Lipinski definition) is 3. The minimum atomic E-state index is -0.0293. The van der Waals surface area contributed by atoms with Crippen LogP contribution in [0.4, 0.5) is 0 Å². The molecule has 1 aromatic rings. The van der Waals surface area contributed by atoms with E-state index in [9.17, 15) is 0 Å². The van der Waals surface area contributed by atoms with E-state index in [0.29, 0.717) is 0 Å². The average Bonchev–Trinajstić information content (AvgIpc) is 2.46. The Labute approximate surface area is 69.8 Å². The van der Waals surface area contributed by atoms with E-state index in [1.807, 2.05) is 10.8 Å². The SMILES string of the molecule is CCCC1Oc2cscc2O1. The van der Waals surface area contributed by atoms with Crippen molar-refractivity contribution in [1.82, 2.24) is 0 Å². The number of rotatable bonds is 2. The van der Waals surface area contributed by atoms with E-state index in [0.717, 1.165) is 24.3 Å². The molecule has 1 aliphatic rings. The first kappa shape index (κ1) is 6.98. The van der Waals surface area contributed by atoms with E-state index in [-0.39, 0.29) is 6.29 Å². The van der Waals surface area contributed by atoms with Gasteiger partial charge in [-0.05, 0) is 6.42 Å². The summed E-state index contributed by atoms with van der Waals surface area (Å²) in [5.41, 5.74) is 0. The highest BCUT2D eigenvalue weighted by Crippen LogP contribution is 2.38. The molecule has 2 heterocycles. The van der Waals surface area contributed by atoms with Crippen LogP contribution in [0.15, 0.2) is 10.8 Å². The van der Waals surface area contributed by atoms with Crippen molar-refractivity contribution in [3.05, 3.63) is 10.8 Å². The highest BCUT2D eigenvalue weighted by molar-refractivity contribution is 7.08. The largest absolute Gasteiger partial charge is 0.450 e. The van der Waals surface area contributed by atoms with E-state index in [4.69, 9.17) is 9.47 Å². The summed E-state index contributed by atoms with van der Waals surface area (Å²) in [6.45, 7) is 2.12. The summed E-state index contributed by atoms with van der Waals surface area (Å²) in [6, 6.07) is 0. The minimum Gasteiger partial charge on any atom is -0.450 e. The van der Waals surface area contributed by atoms with Crippen LogP contribution in [0.1, 0.15) is 19.8 Å². The van der Waals surface area contributed by atoms with Crippen LogP contribution in [0, 0.1) is 0 Å². The molecule has 0 amide bonds. The van der Waals surface area contributed by atoms with Crippen molar-refractivity contribution in [3.8, 4) is 11.5 Å². The maximum absolute atomic E-state index is 5.48. The second-order valence-electron chi connectivity index (χ2n) is 2.55. The lowest BCUT2D eigenvalue weighted by molar-refractivity contribution is 0.0412. The molecule has 0 atom stereocenters. The summed E-state index contributed by atoms with van der Waals surface area (Å²) < 4.78 is 11.0. The zero-order chi connectivity index (χ0) is 7.68. The third-order valence-corrected chi connectivity index (χ3v) is 2.33. The Morgan fingerprint density at radius 1 is 1.36 bits per heavy atom. The molecule has 0 saturated carbocycles. The Bertz CT molecular complexity index is 223. The van der Waals surface area contributed by atoms with Crippen LogP contribution in [-0.4, -0.2) is 6.29 Å². The van der Waals surface area contributed by atoms with Gasteiger partial charge >= 0.3 is 0 Å². The molecule has 2 nitrogen and oxygen atoms in total. The van der Waals surface area contributed by atoms with E-state index in [1.54, 1.807) is 11.3 Å². The quantitative estimate of drug-likeness (QED) is 0.679. The van der Waals surface area contributed by atoms with Crippen molar-refractivity contribution >= 4 is 11.3 Å². The van der Waals surface area contributed by atoms with Gasteiger partial charge < -0.3 is 9.47 Å². The first-order valence-electron chi connectivity index (χ1n) is 3.79. The van der Waals surface area contributed by atoms with E-state index in [2.05, 4.69) is 6.92 Å². The fourth-order valence-electron chi connectivity index (χ4n) is 1.11. The molecular formula is C8H10O2S. The molecule has 1 aromatic heterocycles. The molecule has 0 N–H and O–H groups in total. The fourth-order valence-corrected chi connectivity index (χ4v) is 1.76. The van der Waals surface area contributed by atoms with Crippen LogP contribution >= 0.6 is 11.3 Å².